The van der Waals surface area contributed by atoms with Crippen molar-refractivity contribution in [2.24, 2.45) is 0 Å². The Kier molecular flexibility index (Phi) is 6.17. The number of thiazole rings is 1. The SMILES string of the molecule is COCCNC(=O)[C@H](CO)Nc1nc(-c2ccc3ccccc3c2)cs1. The molecule has 136 valence electrons. The molecule has 0 saturated carbocycles. The van der Waals surface area contributed by atoms with Crippen molar-refractivity contribution < 1.29 is 14.6 Å². The van der Waals surface area contributed by atoms with Gasteiger partial charge in [-0.1, -0.05) is 36.4 Å². The van der Waals surface area contributed by atoms with E-state index in [0.717, 1.165) is 16.6 Å². The molecule has 2 aromatic carbocycles. The third-order valence-electron chi connectivity index (χ3n) is 3.95. The van der Waals surface area contributed by atoms with Gasteiger partial charge in [0.2, 0.25) is 5.91 Å². The molecule has 0 saturated heterocycles. The van der Waals surface area contributed by atoms with Crippen LogP contribution in [0.1, 0.15) is 0 Å². The van der Waals surface area contributed by atoms with Crippen molar-refractivity contribution in [3.8, 4) is 11.3 Å². The molecule has 6 nitrogen and oxygen atoms in total. The van der Waals surface area contributed by atoms with Gasteiger partial charge in [0.15, 0.2) is 5.13 Å². The van der Waals surface area contributed by atoms with Gasteiger partial charge in [0.25, 0.3) is 0 Å². The highest BCUT2D eigenvalue weighted by molar-refractivity contribution is 7.14. The van der Waals surface area contributed by atoms with Crippen molar-refractivity contribution in [3.63, 3.8) is 0 Å². The van der Waals surface area contributed by atoms with Crippen LogP contribution in [0.3, 0.4) is 0 Å². The summed E-state index contributed by atoms with van der Waals surface area (Å²) >= 11 is 1.40. The predicted molar refractivity (Wildman–Crippen MR) is 104 cm³/mol. The summed E-state index contributed by atoms with van der Waals surface area (Å²) in [6.07, 6.45) is 0. The molecule has 3 N–H and O–H groups in total. The van der Waals surface area contributed by atoms with Crippen LogP contribution in [0, 0.1) is 0 Å². The van der Waals surface area contributed by atoms with Gasteiger partial charge >= 0.3 is 0 Å². The predicted octanol–water partition coefficient (Wildman–Crippen LogP) is 2.50. The number of fused-ring (bicyclic) bond motifs is 1. The van der Waals surface area contributed by atoms with Gasteiger partial charge in [-0.2, -0.15) is 0 Å². The van der Waals surface area contributed by atoms with E-state index >= 15 is 0 Å². The van der Waals surface area contributed by atoms with E-state index < -0.39 is 6.04 Å². The Morgan fingerprint density at radius 2 is 2.08 bits per heavy atom. The number of methoxy groups -OCH3 is 1. The van der Waals surface area contributed by atoms with Crippen LogP contribution >= 0.6 is 11.3 Å². The number of benzene rings is 2. The number of nitrogens with one attached hydrogen (secondary N) is 2. The normalized spacial score (nSPS) is 12.1. The Morgan fingerprint density at radius 1 is 1.27 bits per heavy atom. The number of carbonyl (C=O) groups excluding carboxylic acids is 1. The summed E-state index contributed by atoms with van der Waals surface area (Å²) in [4.78, 5) is 16.6. The van der Waals surface area contributed by atoms with E-state index in [1.54, 1.807) is 7.11 Å². The zero-order valence-electron chi connectivity index (χ0n) is 14.4. The number of anilines is 1. The lowest BCUT2D eigenvalue weighted by molar-refractivity contribution is -0.122. The molecule has 0 aliphatic heterocycles. The first-order valence-corrected chi connectivity index (χ1v) is 9.18. The van der Waals surface area contributed by atoms with Gasteiger partial charge in [-0.15, -0.1) is 11.3 Å². The van der Waals surface area contributed by atoms with Crippen molar-refractivity contribution in [2.45, 2.75) is 6.04 Å². The van der Waals surface area contributed by atoms with E-state index in [-0.39, 0.29) is 12.5 Å². The Labute approximate surface area is 155 Å². The summed E-state index contributed by atoms with van der Waals surface area (Å²) in [7, 11) is 1.57. The fraction of sp³-hybridized carbons (Fsp3) is 0.263. The zero-order chi connectivity index (χ0) is 18.4. The van der Waals surface area contributed by atoms with E-state index in [1.165, 1.54) is 16.7 Å². The van der Waals surface area contributed by atoms with Crippen molar-refractivity contribution in [1.82, 2.24) is 10.3 Å². The summed E-state index contributed by atoms with van der Waals surface area (Å²) in [6.45, 7) is 0.505. The maximum atomic E-state index is 12.1. The van der Waals surface area contributed by atoms with Crippen LogP contribution in [0.5, 0.6) is 0 Å². The Morgan fingerprint density at radius 3 is 2.85 bits per heavy atom. The first kappa shape index (κ1) is 18.3. The standard InChI is InChI=1S/C19H21N3O3S/c1-25-9-8-20-18(24)16(11-23)21-19-22-17(12-26-19)15-7-6-13-4-2-3-5-14(13)10-15/h2-7,10,12,16,23H,8-9,11H2,1H3,(H,20,24)(H,21,22)/t16-/m0/s1. The minimum atomic E-state index is -0.748. The molecular formula is C19H21N3O3S. The number of amides is 1. The minimum absolute atomic E-state index is 0.285. The molecule has 1 atom stereocenters. The van der Waals surface area contributed by atoms with Gasteiger partial charge in [0, 0.05) is 24.6 Å². The van der Waals surface area contributed by atoms with Crippen LogP contribution in [0.2, 0.25) is 0 Å². The molecule has 0 spiro atoms. The Bertz CT molecular complexity index is 881. The fourth-order valence-electron chi connectivity index (χ4n) is 2.56. The molecule has 0 fully saturated rings. The number of hydrogen-bond acceptors (Lipinski definition) is 6. The number of rotatable bonds is 8. The highest BCUT2D eigenvalue weighted by Gasteiger charge is 2.18. The Balaban J connectivity index is 1.70. The molecule has 3 rings (SSSR count). The van der Waals surface area contributed by atoms with Gasteiger partial charge in [-0.25, -0.2) is 4.98 Å². The maximum absolute atomic E-state index is 12.1. The number of aliphatic hydroxyl groups excluding tert-OH is 1. The van der Waals surface area contributed by atoms with Gasteiger partial charge < -0.3 is 20.5 Å². The highest BCUT2D eigenvalue weighted by Crippen LogP contribution is 2.28. The van der Waals surface area contributed by atoms with Crippen LogP contribution in [0.15, 0.2) is 47.8 Å². The first-order chi connectivity index (χ1) is 12.7. The number of hydrogen-bond donors (Lipinski definition) is 3. The summed E-state index contributed by atoms with van der Waals surface area (Å²) < 4.78 is 4.90. The number of aromatic nitrogens is 1. The largest absolute Gasteiger partial charge is 0.394 e. The minimum Gasteiger partial charge on any atom is -0.394 e. The zero-order valence-corrected chi connectivity index (χ0v) is 15.3. The van der Waals surface area contributed by atoms with Gasteiger partial charge in [-0.3, -0.25) is 4.79 Å². The van der Waals surface area contributed by atoms with Gasteiger partial charge in [0.1, 0.15) is 6.04 Å². The lowest BCUT2D eigenvalue weighted by Gasteiger charge is -2.15. The van der Waals surface area contributed by atoms with E-state index in [1.807, 2.05) is 23.6 Å². The molecule has 1 aromatic heterocycles. The number of carbonyl (C=O) groups is 1. The highest BCUT2D eigenvalue weighted by atomic mass is 32.1. The van der Waals surface area contributed by atoms with E-state index in [4.69, 9.17) is 4.74 Å². The molecule has 0 aliphatic rings. The van der Waals surface area contributed by atoms with Crippen molar-refractivity contribution in [2.75, 3.05) is 32.2 Å². The van der Waals surface area contributed by atoms with Gasteiger partial charge in [0.05, 0.1) is 18.9 Å². The topological polar surface area (TPSA) is 83.5 Å². The second kappa shape index (κ2) is 8.75. The van der Waals surface area contributed by atoms with Gasteiger partial charge in [-0.05, 0) is 16.8 Å². The molecule has 3 aromatic rings. The first-order valence-electron chi connectivity index (χ1n) is 8.30. The van der Waals surface area contributed by atoms with Crippen LogP contribution in [-0.4, -0.2) is 48.9 Å². The number of aliphatic hydroxyl groups is 1. The monoisotopic (exact) mass is 371 g/mol. The van der Waals surface area contributed by atoms with E-state index in [2.05, 4.69) is 39.9 Å². The molecule has 26 heavy (non-hydrogen) atoms. The third-order valence-corrected chi connectivity index (χ3v) is 4.73. The summed E-state index contributed by atoms with van der Waals surface area (Å²) in [5.41, 5.74) is 1.85. The third kappa shape index (κ3) is 4.37. The van der Waals surface area contributed by atoms with Crippen molar-refractivity contribution in [1.29, 1.82) is 0 Å². The van der Waals surface area contributed by atoms with Crippen LogP contribution in [-0.2, 0) is 9.53 Å². The van der Waals surface area contributed by atoms with Crippen LogP contribution in [0.25, 0.3) is 22.0 Å². The number of ether oxygens (including phenoxy) is 1. The quantitative estimate of drug-likeness (QED) is 0.530. The van der Waals surface area contributed by atoms with Crippen LogP contribution < -0.4 is 10.6 Å². The second-order valence-electron chi connectivity index (χ2n) is 5.76. The van der Waals surface area contributed by atoms with E-state index in [9.17, 15) is 9.90 Å². The molecule has 0 radical (unpaired) electrons. The van der Waals surface area contributed by atoms with Crippen molar-refractivity contribution >= 4 is 33.1 Å². The Hall–Kier alpha value is -2.48. The second-order valence-corrected chi connectivity index (χ2v) is 6.62. The van der Waals surface area contributed by atoms with E-state index in [0.29, 0.717) is 18.3 Å². The lowest BCUT2D eigenvalue weighted by atomic mass is 10.1. The summed E-state index contributed by atoms with van der Waals surface area (Å²) in [6, 6.07) is 13.6. The molecule has 0 unspecified atom stereocenters. The molecule has 1 amide bonds. The molecular weight excluding hydrogens is 350 g/mol. The summed E-state index contributed by atoms with van der Waals surface area (Å²) in [5, 5.41) is 20.0. The maximum Gasteiger partial charge on any atom is 0.245 e. The lowest BCUT2D eigenvalue weighted by Crippen LogP contribution is -2.43. The molecule has 1 heterocycles. The molecule has 0 aliphatic carbocycles. The van der Waals surface area contributed by atoms with Crippen molar-refractivity contribution in [3.05, 3.63) is 47.8 Å². The fourth-order valence-corrected chi connectivity index (χ4v) is 3.34. The molecule has 0 bridgehead atoms. The number of nitrogens with zero attached hydrogens (tertiary/aromatic N) is 1. The average molecular weight is 371 g/mol. The summed E-state index contributed by atoms with van der Waals surface area (Å²) in [5.74, 6) is -0.285. The average Bonchev–Trinajstić information content (AvgIpc) is 3.14. The smallest absolute Gasteiger partial charge is 0.245 e. The van der Waals surface area contributed by atoms with Crippen LogP contribution in [0.4, 0.5) is 5.13 Å². The molecule has 7 heteroatoms.